The molecule has 0 aliphatic rings. The van der Waals surface area contributed by atoms with E-state index in [1.54, 1.807) is 24.4 Å². The number of nitrogens with zero attached hydrogens (tertiary/aromatic N) is 1. The summed E-state index contributed by atoms with van der Waals surface area (Å²) in [5.74, 6) is 5.66. The van der Waals surface area contributed by atoms with E-state index < -0.39 is 0 Å². The van der Waals surface area contributed by atoms with Crippen molar-refractivity contribution in [3.8, 4) is 17.6 Å². The standard InChI is InChI=1S/C14H12ClN3O2S/c1-20-12-7-9(15)4-5-11(12)13(19)18-14-17-8-10(21-14)3-2-6-16/h4-5,7-8H,6,16H2,1H3,(H,17,18,19). The van der Waals surface area contributed by atoms with Gasteiger partial charge in [0, 0.05) is 5.02 Å². The molecule has 0 bridgehead atoms. The second-order valence-electron chi connectivity index (χ2n) is 3.83. The minimum Gasteiger partial charge on any atom is -0.496 e. The maximum absolute atomic E-state index is 12.2. The first-order chi connectivity index (χ1) is 10.1. The summed E-state index contributed by atoms with van der Waals surface area (Å²) in [5.41, 5.74) is 5.68. The van der Waals surface area contributed by atoms with Gasteiger partial charge in [-0.2, -0.15) is 0 Å². The van der Waals surface area contributed by atoms with E-state index in [2.05, 4.69) is 22.1 Å². The third kappa shape index (κ3) is 3.95. The number of halogens is 1. The molecule has 108 valence electrons. The quantitative estimate of drug-likeness (QED) is 0.851. The van der Waals surface area contributed by atoms with Crippen molar-refractivity contribution in [2.75, 3.05) is 19.0 Å². The van der Waals surface area contributed by atoms with Gasteiger partial charge in [0.2, 0.25) is 0 Å². The summed E-state index contributed by atoms with van der Waals surface area (Å²) in [6, 6.07) is 4.80. The van der Waals surface area contributed by atoms with Gasteiger partial charge in [-0.1, -0.05) is 34.8 Å². The molecule has 0 radical (unpaired) electrons. The van der Waals surface area contributed by atoms with Crippen molar-refractivity contribution in [1.29, 1.82) is 0 Å². The Labute approximate surface area is 131 Å². The van der Waals surface area contributed by atoms with E-state index >= 15 is 0 Å². The molecule has 0 aliphatic heterocycles. The lowest BCUT2D eigenvalue weighted by molar-refractivity contribution is 0.102. The second-order valence-corrected chi connectivity index (χ2v) is 5.30. The summed E-state index contributed by atoms with van der Waals surface area (Å²) in [4.78, 5) is 17.0. The van der Waals surface area contributed by atoms with Crippen molar-refractivity contribution in [3.05, 3.63) is 39.9 Å². The van der Waals surface area contributed by atoms with Crippen LogP contribution in [-0.4, -0.2) is 24.5 Å². The first kappa shape index (κ1) is 15.3. The van der Waals surface area contributed by atoms with Crippen molar-refractivity contribution in [2.24, 2.45) is 5.73 Å². The van der Waals surface area contributed by atoms with E-state index in [0.29, 0.717) is 21.5 Å². The van der Waals surface area contributed by atoms with Crippen LogP contribution >= 0.6 is 22.9 Å². The van der Waals surface area contributed by atoms with Crippen LogP contribution in [0.2, 0.25) is 5.02 Å². The number of benzene rings is 1. The topological polar surface area (TPSA) is 77.2 Å². The Morgan fingerprint density at radius 2 is 2.38 bits per heavy atom. The average Bonchev–Trinajstić information content (AvgIpc) is 2.92. The fourth-order valence-corrected chi connectivity index (χ4v) is 2.39. The van der Waals surface area contributed by atoms with Gasteiger partial charge in [0.05, 0.1) is 30.3 Å². The molecule has 0 unspecified atom stereocenters. The van der Waals surface area contributed by atoms with Crippen molar-refractivity contribution < 1.29 is 9.53 Å². The molecule has 21 heavy (non-hydrogen) atoms. The first-order valence-corrected chi connectivity index (χ1v) is 7.13. The number of nitrogens with two attached hydrogens (primary N) is 1. The minimum absolute atomic E-state index is 0.279. The fraction of sp³-hybridized carbons (Fsp3) is 0.143. The summed E-state index contributed by atoms with van der Waals surface area (Å²) < 4.78 is 5.14. The Hall–Kier alpha value is -2.07. The average molecular weight is 322 g/mol. The minimum atomic E-state index is -0.323. The molecular formula is C14H12ClN3O2S. The number of hydrogen-bond donors (Lipinski definition) is 2. The van der Waals surface area contributed by atoms with E-state index in [1.807, 2.05) is 0 Å². The Bertz CT molecular complexity index is 718. The molecule has 0 aliphatic carbocycles. The van der Waals surface area contributed by atoms with Crippen LogP contribution in [0.5, 0.6) is 5.75 Å². The van der Waals surface area contributed by atoms with Crippen molar-refractivity contribution in [3.63, 3.8) is 0 Å². The van der Waals surface area contributed by atoms with E-state index in [-0.39, 0.29) is 12.5 Å². The lowest BCUT2D eigenvalue weighted by Crippen LogP contribution is -2.12. The summed E-state index contributed by atoms with van der Waals surface area (Å²) in [6.45, 7) is 0.279. The van der Waals surface area contributed by atoms with Crippen LogP contribution in [0.3, 0.4) is 0 Å². The van der Waals surface area contributed by atoms with Gasteiger partial charge in [-0.05, 0) is 18.2 Å². The van der Waals surface area contributed by atoms with Crippen molar-refractivity contribution >= 4 is 34.0 Å². The molecule has 0 atom stereocenters. The predicted octanol–water partition coefficient (Wildman–Crippen LogP) is 2.37. The molecule has 1 heterocycles. The molecule has 2 rings (SSSR count). The molecule has 1 amide bonds. The predicted molar refractivity (Wildman–Crippen MR) is 84.0 cm³/mol. The van der Waals surface area contributed by atoms with Crippen LogP contribution in [0.4, 0.5) is 5.13 Å². The molecule has 0 saturated carbocycles. The third-order valence-electron chi connectivity index (χ3n) is 2.45. The van der Waals surface area contributed by atoms with Gasteiger partial charge in [0.25, 0.3) is 5.91 Å². The van der Waals surface area contributed by atoms with Gasteiger partial charge in [0.15, 0.2) is 5.13 Å². The number of ether oxygens (including phenoxy) is 1. The number of nitrogens with one attached hydrogen (secondary N) is 1. The summed E-state index contributed by atoms with van der Waals surface area (Å²) in [5, 5.41) is 3.65. The highest BCUT2D eigenvalue weighted by atomic mass is 35.5. The lowest BCUT2D eigenvalue weighted by Gasteiger charge is -2.07. The normalized spacial score (nSPS) is 9.67. The van der Waals surface area contributed by atoms with Crippen molar-refractivity contribution in [1.82, 2.24) is 4.98 Å². The molecule has 0 fully saturated rings. The van der Waals surface area contributed by atoms with Crippen LogP contribution in [-0.2, 0) is 0 Å². The van der Waals surface area contributed by atoms with Crippen LogP contribution < -0.4 is 15.8 Å². The zero-order valence-corrected chi connectivity index (χ0v) is 12.7. The van der Waals surface area contributed by atoms with Gasteiger partial charge < -0.3 is 10.5 Å². The van der Waals surface area contributed by atoms with Crippen LogP contribution in [0.1, 0.15) is 15.2 Å². The second kappa shape index (κ2) is 7.09. The summed E-state index contributed by atoms with van der Waals surface area (Å²) >= 11 is 7.14. The van der Waals surface area contributed by atoms with Gasteiger partial charge in [-0.15, -0.1) is 0 Å². The highest BCUT2D eigenvalue weighted by molar-refractivity contribution is 7.16. The largest absolute Gasteiger partial charge is 0.496 e. The number of rotatable bonds is 3. The number of amides is 1. The molecule has 0 spiro atoms. The highest BCUT2D eigenvalue weighted by Crippen LogP contribution is 2.25. The molecule has 2 aromatic rings. The SMILES string of the molecule is COc1cc(Cl)ccc1C(=O)Nc1ncc(C#CCN)s1. The number of anilines is 1. The molecular weight excluding hydrogens is 310 g/mol. The number of thiazole rings is 1. The molecule has 0 saturated heterocycles. The fourth-order valence-electron chi connectivity index (χ4n) is 1.54. The Balaban J connectivity index is 2.16. The van der Waals surface area contributed by atoms with E-state index in [0.717, 1.165) is 4.88 Å². The van der Waals surface area contributed by atoms with Crippen molar-refractivity contribution in [2.45, 2.75) is 0 Å². The maximum atomic E-state index is 12.2. The van der Waals surface area contributed by atoms with Crippen LogP contribution in [0.15, 0.2) is 24.4 Å². The zero-order valence-electron chi connectivity index (χ0n) is 11.1. The lowest BCUT2D eigenvalue weighted by atomic mass is 10.2. The van der Waals surface area contributed by atoms with Crippen LogP contribution in [0.25, 0.3) is 0 Å². The smallest absolute Gasteiger partial charge is 0.261 e. The summed E-state index contributed by atoms with van der Waals surface area (Å²) in [7, 11) is 1.48. The van der Waals surface area contributed by atoms with Gasteiger partial charge >= 0.3 is 0 Å². The van der Waals surface area contributed by atoms with Gasteiger partial charge in [-0.25, -0.2) is 4.98 Å². The molecule has 1 aromatic heterocycles. The van der Waals surface area contributed by atoms with Gasteiger partial charge in [-0.3, -0.25) is 10.1 Å². The number of hydrogen-bond acceptors (Lipinski definition) is 5. The number of methoxy groups -OCH3 is 1. The molecule has 3 N–H and O–H groups in total. The van der Waals surface area contributed by atoms with E-state index in [1.165, 1.54) is 18.4 Å². The highest BCUT2D eigenvalue weighted by Gasteiger charge is 2.14. The molecule has 5 nitrogen and oxygen atoms in total. The zero-order chi connectivity index (χ0) is 15.2. The first-order valence-electron chi connectivity index (χ1n) is 5.93. The Morgan fingerprint density at radius 1 is 1.57 bits per heavy atom. The van der Waals surface area contributed by atoms with Crippen LogP contribution in [0, 0.1) is 11.8 Å². The van der Waals surface area contributed by atoms with E-state index in [4.69, 9.17) is 22.1 Å². The Morgan fingerprint density at radius 3 is 3.10 bits per heavy atom. The number of carbonyl (C=O) groups is 1. The molecule has 1 aromatic carbocycles. The van der Waals surface area contributed by atoms with E-state index in [9.17, 15) is 4.79 Å². The number of aromatic nitrogens is 1. The summed E-state index contributed by atoms with van der Waals surface area (Å²) in [6.07, 6.45) is 1.59. The maximum Gasteiger partial charge on any atom is 0.261 e. The monoisotopic (exact) mass is 321 g/mol. The van der Waals surface area contributed by atoms with Gasteiger partial charge in [0.1, 0.15) is 5.75 Å². The number of carbonyl (C=O) groups excluding carboxylic acids is 1. The Kier molecular flexibility index (Phi) is 5.17. The third-order valence-corrected chi connectivity index (χ3v) is 3.51. The molecule has 7 heteroatoms.